The van der Waals surface area contributed by atoms with Crippen LogP contribution in [0.2, 0.25) is 0 Å². The summed E-state index contributed by atoms with van der Waals surface area (Å²) < 4.78 is 1.30. The van der Waals surface area contributed by atoms with E-state index < -0.39 is 0 Å². The summed E-state index contributed by atoms with van der Waals surface area (Å²) in [6.07, 6.45) is 3.83. The van der Waals surface area contributed by atoms with Gasteiger partial charge < -0.3 is 10.4 Å². The highest BCUT2D eigenvalue weighted by atomic mass is 16.3. The summed E-state index contributed by atoms with van der Waals surface area (Å²) in [6.45, 7) is 3.93. The number of nitrogens with zero attached hydrogens (tertiary/aromatic N) is 4. The van der Waals surface area contributed by atoms with Gasteiger partial charge in [0.25, 0.3) is 5.91 Å². The summed E-state index contributed by atoms with van der Waals surface area (Å²) in [5.74, 6) is 0.142. The number of carbonyl (C=O) groups is 1. The van der Waals surface area contributed by atoms with Gasteiger partial charge in [-0.15, -0.1) is 0 Å². The zero-order valence-electron chi connectivity index (χ0n) is 15.0. The maximum Gasteiger partial charge on any atom is 0.253 e. The van der Waals surface area contributed by atoms with Crippen LogP contribution in [0, 0.1) is 11.3 Å². The molecule has 0 saturated heterocycles. The number of aromatic nitrogens is 3. The summed E-state index contributed by atoms with van der Waals surface area (Å²) in [6, 6.07) is 12.2. The van der Waals surface area contributed by atoms with Gasteiger partial charge in [0.15, 0.2) is 5.82 Å². The minimum atomic E-state index is -0.189. The largest absolute Gasteiger partial charge is 0.493 e. The van der Waals surface area contributed by atoms with Gasteiger partial charge in [-0.05, 0) is 43.2 Å². The third-order valence-corrected chi connectivity index (χ3v) is 4.29. The Morgan fingerprint density at radius 2 is 2.00 bits per heavy atom. The monoisotopic (exact) mass is 361 g/mol. The SMILES string of the molecule is CCC(C)NC(=O)c1ccc(-n2ncc(-c3ccc(C#N)cc3)c2O)nc1. The number of carbonyl (C=O) groups excluding carboxylic acids is 1. The molecule has 3 rings (SSSR count). The third-order valence-electron chi connectivity index (χ3n) is 4.29. The van der Waals surface area contributed by atoms with Crippen molar-refractivity contribution in [1.82, 2.24) is 20.1 Å². The van der Waals surface area contributed by atoms with Crippen LogP contribution in [0.15, 0.2) is 48.8 Å². The second-order valence-electron chi connectivity index (χ2n) is 6.17. The molecule has 7 nitrogen and oxygen atoms in total. The average Bonchev–Trinajstić information content (AvgIpc) is 3.09. The lowest BCUT2D eigenvalue weighted by Gasteiger charge is -2.11. The number of nitrogens with one attached hydrogen (secondary N) is 1. The highest BCUT2D eigenvalue weighted by molar-refractivity contribution is 5.94. The van der Waals surface area contributed by atoms with Crippen molar-refractivity contribution in [3.8, 4) is 28.9 Å². The Bertz CT molecular complexity index is 985. The summed E-state index contributed by atoms with van der Waals surface area (Å²) >= 11 is 0. The number of rotatable bonds is 5. The zero-order valence-corrected chi connectivity index (χ0v) is 15.0. The fourth-order valence-electron chi connectivity index (χ4n) is 2.49. The fourth-order valence-corrected chi connectivity index (χ4v) is 2.49. The first-order valence-corrected chi connectivity index (χ1v) is 8.58. The van der Waals surface area contributed by atoms with Crippen LogP contribution in [0.4, 0.5) is 0 Å². The normalized spacial score (nSPS) is 11.6. The van der Waals surface area contributed by atoms with E-state index in [-0.39, 0.29) is 17.8 Å². The van der Waals surface area contributed by atoms with Gasteiger partial charge in [-0.2, -0.15) is 15.0 Å². The molecule has 1 aromatic carbocycles. The van der Waals surface area contributed by atoms with Crippen molar-refractivity contribution < 1.29 is 9.90 Å². The predicted molar refractivity (Wildman–Crippen MR) is 100 cm³/mol. The summed E-state index contributed by atoms with van der Waals surface area (Å²) in [5.41, 5.74) is 2.25. The minimum absolute atomic E-state index is 0.0657. The van der Waals surface area contributed by atoms with Crippen molar-refractivity contribution in [2.45, 2.75) is 26.3 Å². The van der Waals surface area contributed by atoms with Gasteiger partial charge >= 0.3 is 0 Å². The van der Waals surface area contributed by atoms with Crippen molar-refractivity contribution >= 4 is 5.91 Å². The van der Waals surface area contributed by atoms with Crippen LogP contribution in [0.1, 0.15) is 36.2 Å². The van der Waals surface area contributed by atoms with Crippen LogP contribution in [0.3, 0.4) is 0 Å². The van der Waals surface area contributed by atoms with Gasteiger partial charge in [0.2, 0.25) is 5.88 Å². The molecule has 0 radical (unpaired) electrons. The molecule has 1 amide bonds. The standard InChI is InChI=1S/C20H19N5O2/c1-3-13(2)24-19(26)16-8-9-18(22-11-16)25-20(27)17(12-23-25)15-6-4-14(10-21)5-7-15/h4-9,11-13,27H,3H2,1-2H3,(H,24,26). The van der Waals surface area contributed by atoms with Crippen molar-refractivity contribution in [2.24, 2.45) is 0 Å². The Balaban J connectivity index is 1.84. The van der Waals surface area contributed by atoms with Crippen LogP contribution in [0.5, 0.6) is 5.88 Å². The van der Waals surface area contributed by atoms with Crippen molar-refractivity contribution in [1.29, 1.82) is 5.26 Å². The number of aromatic hydroxyl groups is 1. The van der Waals surface area contributed by atoms with E-state index in [1.54, 1.807) is 36.4 Å². The molecule has 2 heterocycles. The first-order valence-electron chi connectivity index (χ1n) is 8.58. The van der Waals surface area contributed by atoms with Gasteiger partial charge in [-0.25, -0.2) is 4.98 Å². The Morgan fingerprint density at radius 1 is 1.26 bits per heavy atom. The predicted octanol–water partition coefficient (Wildman–Crippen LogP) is 3.04. The maximum absolute atomic E-state index is 12.1. The quantitative estimate of drug-likeness (QED) is 0.727. The van der Waals surface area contributed by atoms with E-state index >= 15 is 0 Å². The zero-order chi connectivity index (χ0) is 19.4. The molecule has 0 aliphatic heterocycles. The third kappa shape index (κ3) is 3.80. The molecule has 2 N–H and O–H groups in total. The van der Waals surface area contributed by atoms with Gasteiger partial charge in [0.1, 0.15) is 0 Å². The van der Waals surface area contributed by atoms with E-state index in [1.807, 2.05) is 13.8 Å². The van der Waals surface area contributed by atoms with Gasteiger partial charge in [0.05, 0.1) is 29.0 Å². The Labute approximate surface area is 156 Å². The molecule has 27 heavy (non-hydrogen) atoms. The van der Waals surface area contributed by atoms with E-state index in [1.165, 1.54) is 17.1 Å². The highest BCUT2D eigenvalue weighted by Gasteiger charge is 2.15. The van der Waals surface area contributed by atoms with Crippen molar-refractivity contribution in [3.05, 3.63) is 59.9 Å². The number of pyridine rings is 1. The molecular formula is C20H19N5O2. The Hall–Kier alpha value is -3.66. The van der Waals surface area contributed by atoms with Gasteiger partial charge in [0, 0.05) is 12.2 Å². The second kappa shape index (κ2) is 7.70. The lowest BCUT2D eigenvalue weighted by atomic mass is 10.1. The van der Waals surface area contributed by atoms with Crippen LogP contribution in [-0.2, 0) is 0 Å². The maximum atomic E-state index is 12.1. The number of benzene rings is 1. The molecular weight excluding hydrogens is 342 g/mol. The highest BCUT2D eigenvalue weighted by Crippen LogP contribution is 2.30. The lowest BCUT2D eigenvalue weighted by Crippen LogP contribution is -2.31. The molecule has 0 aliphatic carbocycles. The van der Waals surface area contributed by atoms with Crippen LogP contribution in [0.25, 0.3) is 16.9 Å². The van der Waals surface area contributed by atoms with E-state index in [9.17, 15) is 9.90 Å². The summed E-state index contributed by atoms with van der Waals surface area (Å²) in [5, 5.41) is 26.4. The molecule has 0 saturated carbocycles. The summed E-state index contributed by atoms with van der Waals surface area (Å²) in [4.78, 5) is 16.4. The first-order chi connectivity index (χ1) is 13.0. The number of amides is 1. The van der Waals surface area contributed by atoms with E-state index in [2.05, 4.69) is 21.5 Å². The van der Waals surface area contributed by atoms with Gasteiger partial charge in [-0.1, -0.05) is 19.1 Å². The molecule has 7 heteroatoms. The Kier molecular flexibility index (Phi) is 5.18. The van der Waals surface area contributed by atoms with Crippen LogP contribution < -0.4 is 5.32 Å². The Morgan fingerprint density at radius 3 is 2.59 bits per heavy atom. The van der Waals surface area contributed by atoms with Crippen molar-refractivity contribution in [2.75, 3.05) is 0 Å². The molecule has 136 valence electrons. The molecule has 0 aliphatic rings. The van der Waals surface area contributed by atoms with E-state index in [0.29, 0.717) is 22.5 Å². The molecule has 3 aromatic rings. The molecule has 1 atom stereocenters. The molecule has 0 spiro atoms. The smallest absolute Gasteiger partial charge is 0.253 e. The lowest BCUT2D eigenvalue weighted by molar-refractivity contribution is 0.0939. The van der Waals surface area contributed by atoms with Gasteiger partial charge in [-0.3, -0.25) is 4.79 Å². The molecule has 2 aromatic heterocycles. The molecule has 0 bridgehead atoms. The van der Waals surface area contributed by atoms with Crippen molar-refractivity contribution in [3.63, 3.8) is 0 Å². The number of hydrogen-bond donors (Lipinski definition) is 2. The first kappa shape index (κ1) is 18.1. The van der Waals surface area contributed by atoms with E-state index in [0.717, 1.165) is 12.0 Å². The number of hydrogen-bond acceptors (Lipinski definition) is 5. The van der Waals surface area contributed by atoms with Crippen LogP contribution in [-0.4, -0.2) is 31.8 Å². The average molecular weight is 361 g/mol. The molecule has 1 unspecified atom stereocenters. The topological polar surface area (TPSA) is 104 Å². The minimum Gasteiger partial charge on any atom is -0.493 e. The van der Waals surface area contributed by atoms with Crippen LogP contribution >= 0.6 is 0 Å². The second-order valence-corrected chi connectivity index (χ2v) is 6.17. The fraction of sp³-hybridized carbons (Fsp3) is 0.200. The molecule has 0 fully saturated rings. The number of nitriles is 1. The van der Waals surface area contributed by atoms with E-state index in [4.69, 9.17) is 5.26 Å². The summed E-state index contributed by atoms with van der Waals surface area (Å²) in [7, 11) is 0.